The van der Waals surface area contributed by atoms with Gasteiger partial charge in [0.15, 0.2) is 0 Å². The molecular formula is C24H25N3O. The van der Waals surface area contributed by atoms with Gasteiger partial charge in [0, 0.05) is 30.9 Å². The fourth-order valence-corrected chi connectivity index (χ4v) is 3.07. The number of aromatic nitrogens is 2. The van der Waals surface area contributed by atoms with Gasteiger partial charge in [-0.05, 0) is 37.6 Å². The quantitative estimate of drug-likeness (QED) is 0.441. The molecule has 0 spiro atoms. The van der Waals surface area contributed by atoms with Crippen LogP contribution in [-0.2, 0) is 4.79 Å². The summed E-state index contributed by atoms with van der Waals surface area (Å²) in [5.74, 6) is -0.0864. The van der Waals surface area contributed by atoms with E-state index in [1.807, 2.05) is 35.7 Å². The van der Waals surface area contributed by atoms with Gasteiger partial charge in [-0.15, -0.1) is 13.2 Å². The Bertz CT molecular complexity index is 1030. The van der Waals surface area contributed by atoms with Crippen LogP contribution < -0.4 is 0 Å². The molecule has 0 aliphatic heterocycles. The van der Waals surface area contributed by atoms with E-state index in [0.717, 1.165) is 28.2 Å². The second kappa shape index (κ2) is 8.53. The number of carbonyl (C=O) groups excluding carboxylic acids is 1. The summed E-state index contributed by atoms with van der Waals surface area (Å²) in [6.45, 7) is 12.5. The van der Waals surface area contributed by atoms with Gasteiger partial charge in [-0.2, -0.15) is 0 Å². The molecule has 2 heterocycles. The summed E-state index contributed by atoms with van der Waals surface area (Å²) in [6.07, 6.45) is 8.85. The molecule has 4 nitrogen and oxygen atoms in total. The van der Waals surface area contributed by atoms with E-state index in [1.165, 1.54) is 5.56 Å². The molecule has 0 aliphatic carbocycles. The first-order valence-corrected chi connectivity index (χ1v) is 9.28. The van der Waals surface area contributed by atoms with Crippen molar-refractivity contribution in [1.29, 1.82) is 0 Å². The monoisotopic (exact) mass is 371 g/mol. The van der Waals surface area contributed by atoms with Gasteiger partial charge >= 0.3 is 0 Å². The van der Waals surface area contributed by atoms with E-state index < -0.39 is 0 Å². The van der Waals surface area contributed by atoms with Crippen molar-refractivity contribution >= 4 is 17.6 Å². The van der Waals surface area contributed by atoms with Crippen molar-refractivity contribution in [3.05, 3.63) is 90.8 Å². The molecule has 2 aromatic heterocycles. The number of aryl methyl sites for hydroxylation is 2. The zero-order valence-corrected chi connectivity index (χ0v) is 16.4. The van der Waals surface area contributed by atoms with Crippen molar-refractivity contribution in [2.45, 2.75) is 13.8 Å². The predicted molar refractivity (Wildman–Crippen MR) is 116 cm³/mol. The minimum absolute atomic E-state index is 0.0864. The van der Waals surface area contributed by atoms with Gasteiger partial charge in [-0.1, -0.05) is 42.0 Å². The highest BCUT2D eigenvalue weighted by atomic mass is 16.2. The van der Waals surface area contributed by atoms with E-state index in [1.54, 1.807) is 23.1 Å². The molecule has 0 saturated carbocycles. The lowest BCUT2D eigenvalue weighted by Gasteiger charge is -2.16. The number of fused-ring (bicyclic) bond motifs is 1. The molecule has 3 rings (SSSR count). The maximum atomic E-state index is 12.6. The largest absolute Gasteiger partial charge is 0.332 e. The summed E-state index contributed by atoms with van der Waals surface area (Å²) in [6, 6.07) is 12.3. The van der Waals surface area contributed by atoms with Crippen LogP contribution in [0.5, 0.6) is 0 Å². The fraction of sp³-hybridized carbons (Fsp3) is 0.167. The molecule has 0 fully saturated rings. The first kappa shape index (κ1) is 19.4. The Hall–Kier alpha value is -3.40. The van der Waals surface area contributed by atoms with Crippen molar-refractivity contribution in [3.63, 3.8) is 0 Å². The zero-order valence-electron chi connectivity index (χ0n) is 16.4. The standard InChI is InChI=1S/C24H25N3O/c1-5-14-26(15-6-2)23(28)12-11-21-24(20-9-7-18(3)8-10-20)25-22-17-19(4)13-16-27(21)22/h5-13,16-17H,1-2,14-15H2,3-4H3/b12-11+. The van der Waals surface area contributed by atoms with Gasteiger partial charge in [-0.25, -0.2) is 4.98 Å². The molecule has 1 aromatic carbocycles. The minimum Gasteiger partial charge on any atom is -0.332 e. The molecule has 0 atom stereocenters. The Morgan fingerprint density at radius 3 is 2.39 bits per heavy atom. The van der Waals surface area contributed by atoms with E-state index >= 15 is 0 Å². The fourth-order valence-electron chi connectivity index (χ4n) is 3.07. The lowest BCUT2D eigenvalue weighted by atomic mass is 10.1. The number of nitrogens with zero attached hydrogens (tertiary/aromatic N) is 3. The summed E-state index contributed by atoms with van der Waals surface area (Å²) in [4.78, 5) is 19.1. The molecule has 0 saturated heterocycles. The smallest absolute Gasteiger partial charge is 0.247 e. The molecule has 4 heteroatoms. The van der Waals surface area contributed by atoms with Gasteiger partial charge in [0.2, 0.25) is 5.91 Å². The number of amides is 1. The molecular weight excluding hydrogens is 346 g/mol. The van der Waals surface area contributed by atoms with Crippen LogP contribution in [0.25, 0.3) is 23.0 Å². The highest BCUT2D eigenvalue weighted by molar-refractivity contribution is 5.93. The molecule has 1 amide bonds. The summed E-state index contributed by atoms with van der Waals surface area (Å²) < 4.78 is 2.01. The van der Waals surface area contributed by atoms with Crippen LogP contribution in [0.4, 0.5) is 0 Å². The maximum absolute atomic E-state index is 12.6. The van der Waals surface area contributed by atoms with Gasteiger partial charge in [0.1, 0.15) is 5.65 Å². The van der Waals surface area contributed by atoms with Crippen LogP contribution in [0.1, 0.15) is 16.8 Å². The van der Waals surface area contributed by atoms with Gasteiger partial charge < -0.3 is 4.90 Å². The van der Waals surface area contributed by atoms with Crippen molar-refractivity contribution < 1.29 is 4.79 Å². The number of benzene rings is 1. The molecule has 3 aromatic rings. The molecule has 0 unspecified atom stereocenters. The van der Waals surface area contributed by atoms with Gasteiger partial charge in [-0.3, -0.25) is 9.20 Å². The molecule has 0 N–H and O–H groups in total. The summed E-state index contributed by atoms with van der Waals surface area (Å²) >= 11 is 0. The Kier molecular flexibility index (Phi) is 5.90. The van der Waals surface area contributed by atoms with Gasteiger partial charge in [0.05, 0.1) is 11.4 Å². The average molecular weight is 371 g/mol. The lowest BCUT2D eigenvalue weighted by molar-refractivity contribution is -0.124. The van der Waals surface area contributed by atoms with Crippen molar-refractivity contribution in [3.8, 4) is 11.3 Å². The Labute approximate surface area is 166 Å². The van der Waals surface area contributed by atoms with E-state index in [2.05, 4.69) is 44.3 Å². The summed E-state index contributed by atoms with van der Waals surface area (Å²) in [7, 11) is 0. The lowest BCUT2D eigenvalue weighted by Crippen LogP contribution is -2.29. The molecule has 142 valence electrons. The third-order valence-corrected chi connectivity index (χ3v) is 4.54. The average Bonchev–Trinajstić information content (AvgIpc) is 3.04. The molecule has 0 bridgehead atoms. The Balaban J connectivity index is 2.06. The number of imidazole rings is 1. The van der Waals surface area contributed by atoms with Crippen LogP contribution in [-0.4, -0.2) is 33.3 Å². The topological polar surface area (TPSA) is 37.6 Å². The maximum Gasteiger partial charge on any atom is 0.247 e. The second-order valence-corrected chi connectivity index (χ2v) is 6.80. The van der Waals surface area contributed by atoms with E-state index in [-0.39, 0.29) is 5.91 Å². The van der Waals surface area contributed by atoms with Crippen LogP contribution >= 0.6 is 0 Å². The highest BCUT2D eigenvalue weighted by Crippen LogP contribution is 2.26. The number of hydrogen-bond donors (Lipinski definition) is 0. The summed E-state index contributed by atoms with van der Waals surface area (Å²) in [5.41, 5.74) is 5.95. The van der Waals surface area contributed by atoms with E-state index in [4.69, 9.17) is 4.98 Å². The third kappa shape index (κ3) is 4.12. The normalized spacial score (nSPS) is 11.1. The van der Waals surface area contributed by atoms with Crippen molar-refractivity contribution in [1.82, 2.24) is 14.3 Å². The van der Waals surface area contributed by atoms with Crippen LogP contribution in [0.15, 0.2) is 74.0 Å². The number of hydrogen-bond acceptors (Lipinski definition) is 2. The predicted octanol–water partition coefficient (Wildman–Crippen LogP) is 4.83. The van der Waals surface area contributed by atoms with E-state index in [9.17, 15) is 4.79 Å². The summed E-state index contributed by atoms with van der Waals surface area (Å²) in [5, 5.41) is 0. The van der Waals surface area contributed by atoms with Gasteiger partial charge in [0.25, 0.3) is 0 Å². The van der Waals surface area contributed by atoms with Crippen LogP contribution in [0, 0.1) is 13.8 Å². The molecule has 0 radical (unpaired) electrons. The molecule has 0 aliphatic rings. The number of carbonyl (C=O) groups is 1. The Morgan fingerprint density at radius 2 is 1.75 bits per heavy atom. The van der Waals surface area contributed by atoms with Crippen LogP contribution in [0.3, 0.4) is 0 Å². The number of rotatable bonds is 7. The second-order valence-electron chi connectivity index (χ2n) is 6.80. The Morgan fingerprint density at radius 1 is 1.07 bits per heavy atom. The van der Waals surface area contributed by atoms with Crippen molar-refractivity contribution in [2.24, 2.45) is 0 Å². The molecule has 28 heavy (non-hydrogen) atoms. The van der Waals surface area contributed by atoms with Crippen LogP contribution in [0.2, 0.25) is 0 Å². The van der Waals surface area contributed by atoms with E-state index in [0.29, 0.717) is 13.1 Å². The zero-order chi connectivity index (χ0) is 20.1. The SMILES string of the molecule is C=CCN(CC=C)C(=O)/C=C/c1c(-c2ccc(C)cc2)nc2cc(C)ccn12. The minimum atomic E-state index is -0.0864. The number of pyridine rings is 1. The van der Waals surface area contributed by atoms with Crippen molar-refractivity contribution in [2.75, 3.05) is 13.1 Å². The first-order valence-electron chi connectivity index (χ1n) is 9.28. The highest BCUT2D eigenvalue weighted by Gasteiger charge is 2.13. The third-order valence-electron chi connectivity index (χ3n) is 4.54. The first-order chi connectivity index (χ1) is 13.5.